The zero-order valence-electron chi connectivity index (χ0n) is 19.9. The molecule has 1 aliphatic heterocycles. The van der Waals surface area contributed by atoms with Gasteiger partial charge < -0.3 is 9.88 Å². The van der Waals surface area contributed by atoms with E-state index in [0.29, 0.717) is 12.2 Å². The van der Waals surface area contributed by atoms with Gasteiger partial charge >= 0.3 is 0 Å². The fraction of sp³-hybridized carbons (Fsp3) is 0.429. The summed E-state index contributed by atoms with van der Waals surface area (Å²) in [5, 5.41) is 4.37. The van der Waals surface area contributed by atoms with Crippen LogP contribution in [0.1, 0.15) is 67.1 Å². The van der Waals surface area contributed by atoms with E-state index in [1.165, 1.54) is 12.8 Å². The Balaban J connectivity index is 1.61. The molecule has 1 aliphatic carbocycles. The van der Waals surface area contributed by atoms with E-state index in [-0.39, 0.29) is 17.9 Å². The number of nitrogens with zero attached hydrogens (tertiary/aromatic N) is 2. The molecule has 1 aromatic heterocycles. The Labute approximate surface area is 195 Å². The molecule has 5 nitrogen and oxygen atoms in total. The quantitative estimate of drug-likeness (QED) is 0.542. The summed E-state index contributed by atoms with van der Waals surface area (Å²) < 4.78 is 2.03. The van der Waals surface area contributed by atoms with Crippen molar-refractivity contribution in [1.82, 2.24) is 9.88 Å². The Hall–Kier alpha value is -3.08. The summed E-state index contributed by atoms with van der Waals surface area (Å²) in [4.78, 5) is 29.7. The first-order valence-corrected chi connectivity index (χ1v) is 12.2. The summed E-state index contributed by atoms with van der Waals surface area (Å²) in [7, 11) is 0. The molecule has 1 fully saturated rings. The lowest BCUT2D eigenvalue weighted by Crippen LogP contribution is -2.65. The number of amides is 2. The monoisotopic (exact) mass is 443 g/mol. The van der Waals surface area contributed by atoms with Crippen molar-refractivity contribution >= 4 is 28.4 Å². The van der Waals surface area contributed by atoms with E-state index in [9.17, 15) is 9.59 Å². The van der Waals surface area contributed by atoms with E-state index < -0.39 is 5.54 Å². The van der Waals surface area contributed by atoms with Crippen LogP contribution in [0.5, 0.6) is 0 Å². The Bertz CT molecular complexity index is 1220. The second-order valence-corrected chi connectivity index (χ2v) is 10.0. The lowest BCUT2D eigenvalue weighted by Gasteiger charge is -2.45. The molecule has 0 bridgehead atoms. The van der Waals surface area contributed by atoms with Crippen molar-refractivity contribution in [2.24, 2.45) is 0 Å². The molecule has 0 spiro atoms. The van der Waals surface area contributed by atoms with Crippen LogP contribution in [-0.4, -0.2) is 28.0 Å². The predicted molar refractivity (Wildman–Crippen MR) is 133 cm³/mol. The summed E-state index contributed by atoms with van der Waals surface area (Å²) in [6.07, 6.45) is 6.78. The number of nitrogens with one attached hydrogen (secondary N) is 1. The van der Waals surface area contributed by atoms with Gasteiger partial charge in [0.1, 0.15) is 11.2 Å². The molecule has 1 atom stereocenters. The third-order valence-electron chi connectivity index (χ3n) is 7.47. The number of fused-ring (bicyclic) bond motifs is 3. The van der Waals surface area contributed by atoms with Crippen molar-refractivity contribution in [3.8, 4) is 0 Å². The topological polar surface area (TPSA) is 54.3 Å². The van der Waals surface area contributed by atoms with Gasteiger partial charge in [-0.05, 0) is 57.4 Å². The molecule has 33 heavy (non-hydrogen) atoms. The van der Waals surface area contributed by atoms with Gasteiger partial charge in [-0.25, -0.2) is 0 Å². The SMILES string of the molecule is Cc1ccc(N2C(=O)c3cc4ccccc4n3C[C@]2(C)C(=O)NC2CCCCCC2)c(C)c1. The van der Waals surface area contributed by atoms with Crippen LogP contribution in [0, 0.1) is 13.8 Å². The second-order valence-electron chi connectivity index (χ2n) is 10.0. The average Bonchev–Trinajstić information content (AvgIpc) is 2.96. The summed E-state index contributed by atoms with van der Waals surface area (Å²) in [6, 6.07) is 16.2. The first-order valence-electron chi connectivity index (χ1n) is 12.2. The number of carbonyl (C=O) groups is 2. The van der Waals surface area contributed by atoms with Gasteiger partial charge in [-0.3, -0.25) is 14.5 Å². The van der Waals surface area contributed by atoms with Crippen molar-refractivity contribution in [2.75, 3.05) is 4.90 Å². The van der Waals surface area contributed by atoms with Crippen LogP contribution in [0.15, 0.2) is 48.5 Å². The highest BCUT2D eigenvalue weighted by atomic mass is 16.2. The third kappa shape index (κ3) is 3.73. The van der Waals surface area contributed by atoms with Crippen molar-refractivity contribution in [2.45, 2.75) is 77.4 Å². The number of anilines is 1. The molecule has 1 saturated carbocycles. The minimum Gasteiger partial charge on any atom is -0.351 e. The molecular formula is C28H33N3O2. The zero-order chi connectivity index (χ0) is 23.2. The van der Waals surface area contributed by atoms with E-state index in [4.69, 9.17) is 0 Å². The maximum atomic E-state index is 14.0. The highest BCUT2D eigenvalue weighted by Crippen LogP contribution is 2.37. The minimum atomic E-state index is -1.03. The Morgan fingerprint density at radius 3 is 2.45 bits per heavy atom. The summed E-state index contributed by atoms with van der Waals surface area (Å²) in [5.41, 5.74) is 3.55. The molecule has 0 radical (unpaired) electrons. The number of hydrogen-bond donors (Lipinski definition) is 1. The minimum absolute atomic E-state index is 0.0637. The number of aryl methyl sites for hydroxylation is 2. The molecule has 5 heteroatoms. The van der Waals surface area contributed by atoms with Crippen LogP contribution >= 0.6 is 0 Å². The Kier molecular flexibility index (Phi) is 5.51. The van der Waals surface area contributed by atoms with Crippen molar-refractivity contribution < 1.29 is 9.59 Å². The second kappa shape index (κ2) is 8.36. The van der Waals surface area contributed by atoms with Gasteiger partial charge in [0, 0.05) is 22.6 Å². The molecule has 0 unspecified atom stereocenters. The molecule has 0 saturated heterocycles. The number of aromatic nitrogens is 1. The van der Waals surface area contributed by atoms with E-state index in [1.807, 2.05) is 67.8 Å². The maximum Gasteiger partial charge on any atom is 0.275 e. The highest BCUT2D eigenvalue weighted by molar-refractivity contribution is 6.14. The van der Waals surface area contributed by atoms with Crippen LogP contribution in [0.25, 0.3) is 10.9 Å². The van der Waals surface area contributed by atoms with Crippen LogP contribution in [0.2, 0.25) is 0 Å². The fourth-order valence-electron chi connectivity index (χ4n) is 5.64. The normalized spacial score (nSPS) is 21.7. The van der Waals surface area contributed by atoms with E-state index in [1.54, 1.807) is 4.90 Å². The summed E-state index contributed by atoms with van der Waals surface area (Å²) in [6.45, 7) is 6.41. The smallest absolute Gasteiger partial charge is 0.275 e. The first kappa shape index (κ1) is 21.7. The number of benzene rings is 2. The predicted octanol–water partition coefficient (Wildman–Crippen LogP) is 5.52. The van der Waals surface area contributed by atoms with Gasteiger partial charge in [-0.15, -0.1) is 0 Å². The molecule has 5 rings (SSSR count). The number of carbonyl (C=O) groups excluding carboxylic acids is 2. The lowest BCUT2D eigenvalue weighted by molar-refractivity contribution is -0.127. The standard InChI is InChI=1S/C28H33N3O2/c1-19-14-15-23(20(2)16-19)31-26(32)25-17-21-10-8-9-13-24(21)30(25)18-28(31,3)27(33)29-22-11-6-4-5-7-12-22/h8-10,13-17,22H,4-7,11-12,18H2,1-3H3,(H,29,33)/t28-/m1/s1. The van der Waals surface area contributed by atoms with E-state index in [0.717, 1.165) is 53.4 Å². The summed E-state index contributed by atoms with van der Waals surface area (Å²) >= 11 is 0. The highest BCUT2D eigenvalue weighted by Gasteiger charge is 2.49. The molecule has 1 N–H and O–H groups in total. The number of rotatable bonds is 3. The number of hydrogen-bond acceptors (Lipinski definition) is 2. The molecule has 2 aliphatic rings. The van der Waals surface area contributed by atoms with Gasteiger partial charge in [-0.2, -0.15) is 0 Å². The van der Waals surface area contributed by atoms with Gasteiger partial charge in [0.25, 0.3) is 5.91 Å². The molecule has 172 valence electrons. The van der Waals surface area contributed by atoms with Crippen LogP contribution in [-0.2, 0) is 11.3 Å². The van der Waals surface area contributed by atoms with Gasteiger partial charge in [0.2, 0.25) is 5.91 Å². The van der Waals surface area contributed by atoms with Crippen LogP contribution in [0.3, 0.4) is 0 Å². The fourth-order valence-corrected chi connectivity index (χ4v) is 5.64. The maximum absolute atomic E-state index is 14.0. The third-order valence-corrected chi connectivity index (χ3v) is 7.47. The number of para-hydroxylation sites is 1. The van der Waals surface area contributed by atoms with Crippen LogP contribution in [0.4, 0.5) is 5.69 Å². The van der Waals surface area contributed by atoms with Crippen LogP contribution < -0.4 is 10.2 Å². The molecule has 3 aromatic rings. The Morgan fingerprint density at radius 2 is 1.73 bits per heavy atom. The van der Waals surface area contributed by atoms with Crippen molar-refractivity contribution in [1.29, 1.82) is 0 Å². The van der Waals surface area contributed by atoms with Gasteiger partial charge in [-0.1, -0.05) is 61.6 Å². The summed E-state index contributed by atoms with van der Waals surface area (Å²) in [5.74, 6) is -0.186. The molecule has 2 aromatic carbocycles. The van der Waals surface area contributed by atoms with Gasteiger partial charge in [0.05, 0.1) is 6.54 Å². The first-order chi connectivity index (χ1) is 15.9. The largest absolute Gasteiger partial charge is 0.351 e. The zero-order valence-corrected chi connectivity index (χ0v) is 19.9. The molecular weight excluding hydrogens is 410 g/mol. The lowest BCUT2D eigenvalue weighted by atomic mass is 9.92. The van der Waals surface area contributed by atoms with Gasteiger partial charge in [0.15, 0.2) is 0 Å². The molecule has 2 heterocycles. The van der Waals surface area contributed by atoms with Crippen molar-refractivity contribution in [3.05, 3.63) is 65.4 Å². The molecule has 2 amide bonds. The van der Waals surface area contributed by atoms with E-state index >= 15 is 0 Å². The van der Waals surface area contributed by atoms with E-state index in [2.05, 4.69) is 11.4 Å². The average molecular weight is 444 g/mol. The Morgan fingerprint density at radius 1 is 1.00 bits per heavy atom. The van der Waals surface area contributed by atoms with Crippen molar-refractivity contribution in [3.63, 3.8) is 0 Å².